The number of hydrogen-bond donors (Lipinski definition) is 5. The van der Waals surface area contributed by atoms with Crippen LogP contribution in [0.3, 0.4) is 0 Å². The van der Waals surface area contributed by atoms with E-state index in [1.54, 1.807) is 90.1 Å². The molecule has 0 heterocycles. The van der Waals surface area contributed by atoms with Crippen LogP contribution in [-0.4, -0.2) is 127 Å². The van der Waals surface area contributed by atoms with Crippen molar-refractivity contribution in [1.82, 2.24) is 16.0 Å². The van der Waals surface area contributed by atoms with E-state index in [4.69, 9.17) is 29.8 Å². The number of carboxylic acids is 1. The second-order valence-corrected chi connectivity index (χ2v) is 16.8. The maximum atomic E-state index is 12.4. The fourth-order valence-electron chi connectivity index (χ4n) is 6.56. The lowest BCUT2D eigenvalue weighted by Crippen LogP contribution is -2.62. The van der Waals surface area contributed by atoms with Gasteiger partial charge in [-0.2, -0.15) is 0 Å². The molecule has 0 aliphatic carbocycles. The molecule has 0 bridgehead atoms. The second kappa shape index (κ2) is 75.1. The first kappa shape index (κ1) is 106. The Kier molecular flexibility index (Phi) is 83.6. The molecule has 0 spiro atoms. The number of nitrogens with two attached hydrogens (primary N) is 1. The van der Waals surface area contributed by atoms with Crippen molar-refractivity contribution in [2.75, 3.05) is 39.6 Å². The summed E-state index contributed by atoms with van der Waals surface area (Å²) in [6.45, 7) is 46.0. The minimum atomic E-state index is -1.88. The number of ether oxygens (including phenoxy) is 6. The molecule has 95 heavy (non-hydrogen) atoms. The molecular weight excluding hydrogens is 1280 g/mol. The van der Waals surface area contributed by atoms with Crippen LogP contribution in [0.25, 0.3) is 0 Å². The van der Waals surface area contributed by atoms with E-state index >= 15 is 0 Å². The molecule has 3 amide bonds. The number of halogens is 1. The number of carboxylic acid groups (broad SMARTS) is 1. The zero-order valence-electron chi connectivity index (χ0n) is 62.2. The molecule has 1 unspecified atom stereocenters. The molecule has 22 heteroatoms. The third-order valence-electron chi connectivity index (χ3n) is 9.90. The van der Waals surface area contributed by atoms with Crippen LogP contribution in [0.15, 0.2) is 121 Å². The Morgan fingerprint density at radius 2 is 0.621 bits per heavy atom. The van der Waals surface area contributed by atoms with Crippen LogP contribution < -0.4 is 21.7 Å². The quantitative estimate of drug-likeness (QED) is 0.0199. The van der Waals surface area contributed by atoms with Crippen LogP contribution >= 0.6 is 15.9 Å². The summed E-state index contributed by atoms with van der Waals surface area (Å²) < 4.78 is 29.2. The lowest BCUT2D eigenvalue weighted by Gasteiger charge is -2.29. The summed E-state index contributed by atoms with van der Waals surface area (Å²) in [5.41, 5.74) is 5.29. The van der Waals surface area contributed by atoms with Crippen molar-refractivity contribution in [2.45, 2.75) is 221 Å². The molecule has 4 aromatic rings. The molecule has 0 aliphatic rings. The van der Waals surface area contributed by atoms with Gasteiger partial charge in [0.2, 0.25) is 34.8 Å². The van der Waals surface area contributed by atoms with Crippen molar-refractivity contribution in [1.29, 1.82) is 0 Å². The monoisotopic (exact) mass is 1410 g/mol. The van der Waals surface area contributed by atoms with Gasteiger partial charge < -0.3 is 55.2 Å². The predicted molar refractivity (Wildman–Crippen MR) is 386 cm³/mol. The van der Waals surface area contributed by atoms with Gasteiger partial charge in [-0.25, -0.2) is 28.8 Å². The molecule has 0 aliphatic heterocycles. The number of hydrogen-bond acceptors (Lipinski definition) is 17. The van der Waals surface area contributed by atoms with Crippen molar-refractivity contribution in [3.63, 3.8) is 0 Å². The van der Waals surface area contributed by atoms with E-state index in [-0.39, 0.29) is 52.5 Å². The largest absolute Gasteiger partial charge is 0.480 e. The van der Waals surface area contributed by atoms with Gasteiger partial charge in [0.1, 0.15) is 6.04 Å². The number of amides is 3. The maximum absolute atomic E-state index is 12.4. The summed E-state index contributed by atoms with van der Waals surface area (Å²) in [6, 6.07) is 35.3. The molecule has 0 fully saturated rings. The van der Waals surface area contributed by atoms with Gasteiger partial charge in [0, 0.05) is 38.9 Å². The molecule has 0 radical (unpaired) electrons. The van der Waals surface area contributed by atoms with E-state index in [1.165, 1.54) is 26.3 Å². The Labute approximate surface area is 580 Å². The molecular formula is C73H123BrN4O17. The highest BCUT2D eigenvalue weighted by Crippen LogP contribution is 2.20. The SMILES string of the molecule is BrCc1ccccc1.CC.CC.CC.CC.CC.CC.CC.CC.CCOC(=O)C(Cc1ccccc1)(NC(C)=O)C(=O)OCC.CCOC(=O)C(Cc1ccccc1)(NC(C)=O)C(=O)OCC.CCOC(=O)C(NC(C)=O)C(=O)OCC.NC(Cc1ccccc1)C(=O)O. The summed E-state index contributed by atoms with van der Waals surface area (Å²) in [5, 5.41) is 16.5. The van der Waals surface area contributed by atoms with Crippen molar-refractivity contribution in [3.05, 3.63) is 144 Å². The normalized spacial score (nSPS) is 9.31. The number of carbonyl (C=O) groups is 10. The number of alkyl halides is 1. The summed E-state index contributed by atoms with van der Waals surface area (Å²) in [5.74, 6) is -7.42. The predicted octanol–water partition coefficient (Wildman–Crippen LogP) is 13.5. The Balaban J connectivity index is -0.000000135. The zero-order valence-corrected chi connectivity index (χ0v) is 63.8. The van der Waals surface area contributed by atoms with Gasteiger partial charge >= 0.3 is 41.8 Å². The molecule has 4 rings (SSSR count). The molecule has 0 aromatic heterocycles. The van der Waals surface area contributed by atoms with Crippen LogP contribution in [0.1, 0.15) is 195 Å². The highest BCUT2D eigenvalue weighted by atomic mass is 79.9. The number of esters is 6. The molecule has 1 atom stereocenters. The summed E-state index contributed by atoms with van der Waals surface area (Å²) in [6.07, 6.45) is 0.312. The van der Waals surface area contributed by atoms with E-state index in [1.807, 2.05) is 171 Å². The Hall–Kier alpha value is -7.98. The first-order valence-corrected chi connectivity index (χ1v) is 34.3. The van der Waals surface area contributed by atoms with Gasteiger partial charge in [-0.15, -0.1) is 0 Å². The van der Waals surface area contributed by atoms with Crippen molar-refractivity contribution < 1.29 is 81.5 Å². The van der Waals surface area contributed by atoms with E-state index in [0.29, 0.717) is 17.5 Å². The lowest BCUT2D eigenvalue weighted by molar-refractivity contribution is -0.169. The Bertz CT molecular complexity index is 2340. The van der Waals surface area contributed by atoms with Gasteiger partial charge in [0.05, 0.1) is 39.6 Å². The number of benzene rings is 4. The van der Waals surface area contributed by atoms with Gasteiger partial charge in [0.25, 0.3) is 0 Å². The number of nitrogens with one attached hydrogen (secondary N) is 3. The number of rotatable bonds is 23. The van der Waals surface area contributed by atoms with Gasteiger partial charge in [-0.1, -0.05) is 248 Å². The van der Waals surface area contributed by atoms with E-state index in [0.717, 1.165) is 10.9 Å². The summed E-state index contributed by atoms with van der Waals surface area (Å²) in [4.78, 5) is 116. The molecule has 544 valence electrons. The average Bonchev–Trinajstić information content (AvgIpc) is 0.809. The first-order chi connectivity index (χ1) is 45.6. The standard InChI is InChI=1S/2C16H21NO5.C9H15NO5.C9H11NO2.C7H7Br.8C2H6/c2*1-4-21-14(19)16(17-12(3)18,15(20)22-5-2)11-13-9-7-6-8-10-13;1-4-14-8(12)7(10-6(3)11)9(13)15-5-2;10-8(9(11)12)6-7-4-2-1-3-5-7;8-6-7-4-2-1-3-5-7;8*1-2/h2*6-10H,4-5,11H2,1-3H3,(H,17,18);7H,4-5H2,1-3H3,(H,10,11);1-5,8H,6,10H2,(H,11,12);1-5H,6H2;8*1-2H3. The van der Waals surface area contributed by atoms with Crippen LogP contribution in [-0.2, 0) is 101 Å². The summed E-state index contributed by atoms with van der Waals surface area (Å²) >= 11 is 3.36. The number of carbonyl (C=O) groups excluding carboxylic acids is 9. The minimum absolute atomic E-state index is 0.0366. The third kappa shape index (κ3) is 52.0. The van der Waals surface area contributed by atoms with Gasteiger partial charge in [-0.3, -0.25) is 19.2 Å². The number of aliphatic carboxylic acids is 1. The van der Waals surface area contributed by atoms with E-state index < -0.39 is 82.7 Å². The smallest absolute Gasteiger partial charge is 0.344 e. The molecule has 0 saturated carbocycles. The second-order valence-electron chi connectivity index (χ2n) is 16.3. The van der Waals surface area contributed by atoms with Gasteiger partial charge in [0.15, 0.2) is 0 Å². The minimum Gasteiger partial charge on any atom is -0.480 e. The fourth-order valence-corrected chi connectivity index (χ4v) is 6.93. The van der Waals surface area contributed by atoms with Crippen LogP contribution in [0.2, 0.25) is 0 Å². The molecule has 0 saturated heterocycles. The maximum Gasteiger partial charge on any atom is 0.344 e. The van der Waals surface area contributed by atoms with Gasteiger partial charge in [-0.05, 0) is 70.2 Å². The molecule has 6 N–H and O–H groups in total. The van der Waals surface area contributed by atoms with Crippen molar-refractivity contribution in [3.8, 4) is 0 Å². The topological polar surface area (TPSA) is 308 Å². The van der Waals surface area contributed by atoms with E-state index in [2.05, 4.69) is 53.5 Å². The molecule has 4 aromatic carbocycles. The Morgan fingerprint density at radius 3 is 0.811 bits per heavy atom. The van der Waals surface area contributed by atoms with Crippen LogP contribution in [0.5, 0.6) is 0 Å². The average molecular weight is 1410 g/mol. The Morgan fingerprint density at radius 1 is 0.389 bits per heavy atom. The lowest BCUT2D eigenvalue weighted by atomic mass is 9.90. The highest BCUT2D eigenvalue weighted by molar-refractivity contribution is 9.08. The van der Waals surface area contributed by atoms with E-state index in [9.17, 15) is 47.9 Å². The summed E-state index contributed by atoms with van der Waals surface area (Å²) in [7, 11) is 0. The highest BCUT2D eigenvalue weighted by Gasteiger charge is 2.51. The first-order valence-electron chi connectivity index (χ1n) is 33.1. The van der Waals surface area contributed by atoms with Crippen LogP contribution in [0, 0.1) is 0 Å². The van der Waals surface area contributed by atoms with Crippen LogP contribution in [0.4, 0.5) is 0 Å². The molecule has 21 nitrogen and oxygen atoms in total. The third-order valence-corrected chi connectivity index (χ3v) is 10.6. The van der Waals surface area contributed by atoms with Crippen molar-refractivity contribution >= 4 is 75.4 Å². The van der Waals surface area contributed by atoms with Crippen molar-refractivity contribution in [2.24, 2.45) is 5.73 Å². The zero-order chi connectivity index (χ0) is 75.8. The fraction of sp³-hybridized carbons (Fsp3) is 0.534.